The van der Waals surface area contributed by atoms with Crippen LogP contribution >= 0.6 is 0 Å². The molecule has 0 N–H and O–H groups in total. The zero-order valence-electron chi connectivity index (χ0n) is 33.8. The summed E-state index contributed by atoms with van der Waals surface area (Å²) in [5, 5.41) is 4.98. The van der Waals surface area contributed by atoms with Gasteiger partial charge in [-0.3, -0.25) is 0 Å². The molecule has 2 heterocycles. The van der Waals surface area contributed by atoms with Crippen LogP contribution in [0.4, 0.5) is 17.1 Å². The number of hydrogen-bond acceptors (Lipinski definition) is 1. The summed E-state index contributed by atoms with van der Waals surface area (Å²) in [5.74, 6) is 0. The summed E-state index contributed by atoms with van der Waals surface area (Å²) in [6.07, 6.45) is 0. The second kappa shape index (κ2) is 19.9. The van der Waals surface area contributed by atoms with E-state index in [1.165, 1.54) is 83.6 Å². The van der Waals surface area contributed by atoms with Gasteiger partial charge >= 0.3 is 216 Å². The van der Waals surface area contributed by atoms with E-state index in [-0.39, 0.29) is 0 Å². The number of benzene rings is 7. The van der Waals surface area contributed by atoms with Crippen LogP contribution in [0.15, 0.2) is 170 Å². The van der Waals surface area contributed by atoms with Crippen LogP contribution in [-0.2, 0) is 4.37 Å². The molecule has 0 saturated heterocycles. The molecule has 0 saturated carbocycles. The van der Waals surface area contributed by atoms with Gasteiger partial charge in [0.15, 0.2) is 0 Å². The molecule has 280 valence electrons. The summed E-state index contributed by atoms with van der Waals surface area (Å²) in [6, 6.07) is 61.8. The first-order valence-electron chi connectivity index (χ1n) is 20.0. The van der Waals surface area contributed by atoms with Crippen molar-refractivity contribution in [3.05, 3.63) is 175 Å². The summed E-state index contributed by atoms with van der Waals surface area (Å²) < 4.78 is 5.90. The Morgan fingerprint density at radius 1 is 0.364 bits per heavy atom. The van der Waals surface area contributed by atoms with Gasteiger partial charge in [-0.25, -0.2) is 0 Å². The number of anilines is 3. The van der Waals surface area contributed by atoms with E-state index >= 15 is 0 Å². The summed E-state index contributed by atoms with van der Waals surface area (Å²) in [7, 11) is 0. The van der Waals surface area contributed by atoms with Crippen molar-refractivity contribution in [1.82, 2.24) is 9.13 Å². The van der Waals surface area contributed by atoms with Gasteiger partial charge < -0.3 is 0 Å². The fourth-order valence-corrected chi connectivity index (χ4v) is 7.92. The van der Waals surface area contributed by atoms with Crippen LogP contribution < -0.4 is 4.90 Å². The van der Waals surface area contributed by atoms with Crippen molar-refractivity contribution >= 4 is 83.7 Å². The Hall–Kier alpha value is -5.24. The van der Waals surface area contributed by atoms with Gasteiger partial charge in [-0.15, -0.1) is 0 Å². The molecule has 0 bridgehead atoms. The fraction of sp³-hybridized carbons (Fsp3) is 0.176. The third kappa shape index (κ3) is 8.09. The van der Waals surface area contributed by atoms with Gasteiger partial charge in [-0.1, -0.05) is 104 Å². The molecule has 0 fully saturated rings. The molecule has 3 nitrogen and oxygen atoms in total. The number of aromatic nitrogens is 2. The van der Waals surface area contributed by atoms with Crippen molar-refractivity contribution in [2.24, 2.45) is 0 Å². The van der Waals surface area contributed by atoms with E-state index in [0.717, 1.165) is 21.4 Å². The third-order valence-corrected chi connectivity index (χ3v) is 10.6. The van der Waals surface area contributed by atoms with E-state index in [1.807, 2.05) is 55.4 Å². The molecule has 4 heteroatoms. The van der Waals surface area contributed by atoms with Gasteiger partial charge in [0.2, 0.25) is 0 Å². The fourth-order valence-electron chi connectivity index (χ4n) is 7.14. The molecule has 55 heavy (non-hydrogen) atoms. The molecule has 0 aliphatic carbocycles. The Kier molecular flexibility index (Phi) is 14.8. The van der Waals surface area contributed by atoms with Crippen molar-refractivity contribution in [2.75, 3.05) is 4.90 Å². The number of fused-ring (bicyclic) bond motifs is 6. The zero-order chi connectivity index (χ0) is 39.3. The SMILES string of the molecule is CC.CC.CC.CC.[SbH2][CH2]c1ccc(N(c2ccc3c(c2)c2ccccc2n3-c2ccccc2)c2ccc3c(c2)c2ccccc2n3-c2ccccc2)cc1. The van der Waals surface area contributed by atoms with Gasteiger partial charge in [0.1, 0.15) is 0 Å². The van der Waals surface area contributed by atoms with Crippen molar-refractivity contribution in [1.29, 1.82) is 0 Å². The molecule has 9 rings (SSSR count). The van der Waals surface area contributed by atoms with Crippen LogP contribution in [0.5, 0.6) is 0 Å². The number of para-hydroxylation sites is 4. The van der Waals surface area contributed by atoms with Crippen LogP contribution in [0.3, 0.4) is 0 Å². The van der Waals surface area contributed by atoms with Crippen LogP contribution in [0.1, 0.15) is 61.0 Å². The van der Waals surface area contributed by atoms with Crippen LogP contribution in [0, 0.1) is 0 Å². The molecular weight excluding hydrogens is 776 g/mol. The molecule has 0 aliphatic heterocycles. The Morgan fingerprint density at radius 2 is 0.709 bits per heavy atom. The molecule has 0 atom stereocenters. The molecule has 0 unspecified atom stereocenters. The van der Waals surface area contributed by atoms with Crippen molar-refractivity contribution in [3.63, 3.8) is 0 Å². The summed E-state index contributed by atoms with van der Waals surface area (Å²) >= 11 is 1.22. The van der Waals surface area contributed by atoms with Crippen molar-refractivity contribution < 1.29 is 0 Å². The van der Waals surface area contributed by atoms with Gasteiger partial charge in [-0.05, 0) is 24.3 Å². The van der Waals surface area contributed by atoms with Crippen molar-refractivity contribution in [2.45, 2.75) is 59.8 Å². The predicted molar refractivity (Wildman–Crippen MR) is 247 cm³/mol. The van der Waals surface area contributed by atoms with E-state index in [2.05, 4.69) is 184 Å². The maximum absolute atomic E-state index is 2.41. The molecule has 2 aromatic heterocycles. The van der Waals surface area contributed by atoms with E-state index in [9.17, 15) is 0 Å². The summed E-state index contributed by atoms with van der Waals surface area (Å²) in [4.78, 5) is 2.41. The molecule has 9 aromatic rings. The zero-order valence-corrected chi connectivity index (χ0v) is 37.1. The Morgan fingerprint density at radius 3 is 1.11 bits per heavy atom. The number of hydrogen-bond donors (Lipinski definition) is 0. The minimum atomic E-state index is 1.14. The van der Waals surface area contributed by atoms with Gasteiger partial charge in [0.05, 0.1) is 0 Å². The monoisotopic (exact) mass is 831 g/mol. The second-order valence-corrected chi connectivity index (χ2v) is 13.2. The molecule has 0 spiro atoms. The van der Waals surface area contributed by atoms with Gasteiger partial charge in [0, 0.05) is 0 Å². The van der Waals surface area contributed by atoms with Crippen molar-refractivity contribution in [3.8, 4) is 11.4 Å². The molecule has 0 radical (unpaired) electrons. The third-order valence-electron chi connectivity index (χ3n) is 9.29. The average molecular weight is 833 g/mol. The van der Waals surface area contributed by atoms with Gasteiger partial charge in [0.25, 0.3) is 0 Å². The van der Waals surface area contributed by atoms with E-state index < -0.39 is 0 Å². The Balaban J connectivity index is 0.000000683. The molecule has 7 aromatic carbocycles. The minimum absolute atomic E-state index is 1.14. The Bertz CT molecular complexity index is 2390. The number of rotatable bonds is 6. The molecular formula is C51H56N3Sb. The second-order valence-electron chi connectivity index (χ2n) is 12.0. The first-order valence-corrected chi connectivity index (χ1v) is 22.4. The van der Waals surface area contributed by atoms with Crippen LogP contribution in [0.25, 0.3) is 55.0 Å². The van der Waals surface area contributed by atoms with E-state index in [0.29, 0.717) is 0 Å². The summed E-state index contributed by atoms with van der Waals surface area (Å²) in [6.45, 7) is 16.0. The van der Waals surface area contributed by atoms with E-state index in [1.54, 1.807) is 0 Å². The first-order chi connectivity index (χ1) is 27.3. The normalized spacial score (nSPS) is 10.3. The summed E-state index contributed by atoms with van der Waals surface area (Å²) in [5.41, 5.74) is 12.0. The predicted octanol–water partition coefficient (Wildman–Crippen LogP) is 14.6. The number of nitrogens with zero attached hydrogens (tertiary/aromatic N) is 3. The topological polar surface area (TPSA) is 13.1 Å². The standard InChI is InChI=1S/C43H30N3.4C2H6.Sb.2H/c1-30-20-22-33(23-21-30)44(34-24-26-42-38(28-34)36-16-8-10-18-40(36)45(42)31-12-4-2-5-13-31)35-25-27-43-39(29-35)37-17-9-11-19-41(37)46(43)32-14-6-3-7-15-32;4*1-2;;;/h2-29H,1H2;4*1-2H3;;;. The Labute approximate surface area is 342 Å². The quantitative estimate of drug-likeness (QED) is 0.152. The molecule has 0 amide bonds. The average Bonchev–Trinajstić information content (AvgIpc) is 3.80. The molecule has 0 aliphatic rings. The first kappa shape index (κ1) is 40.9. The van der Waals surface area contributed by atoms with E-state index in [4.69, 9.17) is 0 Å². The van der Waals surface area contributed by atoms with Crippen LogP contribution in [-0.4, -0.2) is 32.2 Å². The van der Waals surface area contributed by atoms with Crippen LogP contribution in [0.2, 0.25) is 0 Å². The van der Waals surface area contributed by atoms with Gasteiger partial charge in [-0.2, -0.15) is 0 Å². The maximum atomic E-state index is 2.41.